The molecule has 0 bridgehead atoms. The number of carbonyl (C=O) groups is 1. The molecule has 2 aromatic rings. The van der Waals surface area contributed by atoms with Crippen molar-refractivity contribution < 1.29 is 9.90 Å². The van der Waals surface area contributed by atoms with E-state index in [9.17, 15) is 4.79 Å². The molecule has 1 N–H and O–H groups in total. The smallest absolute Gasteiger partial charge is 0.336 e. The van der Waals surface area contributed by atoms with Crippen LogP contribution >= 0.6 is 27.7 Å². The fourth-order valence-corrected chi connectivity index (χ4v) is 3.29. The Hall–Kier alpha value is -1.26. The van der Waals surface area contributed by atoms with Crippen molar-refractivity contribution in [2.45, 2.75) is 24.5 Å². The number of benzene rings is 2. The second-order valence-electron chi connectivity index (χ2n) is 4.67. The van der Waals surface area contributed by atoms with E-state index in [2.05, 4.69) is 48.0 Å². The summed E-state index contributed by atoms with van der Waals surface area (Å²) in [7, 11) is 0. The molecular weight excluding hydrogens is 336 g/mol. The van der Waals surface area contributed by atoms with Gasteiger partial charge in [0.15, 0.2) is 0 Å². The Morgan fingerprint density at radius 3 is 2.65 bits per heavy atom. The lowest BCUT2D eigenvalue weighted by Gasteiger charge is -2.08. The Morgan fingerprint density at radius 2 is 1.95 bits per heavy atom. The minimum absolute atomic E-state index is 0.302. The molecule has 0 amide bonds. The number of aromatic carboxylic acids is 1. The molecule has 20 heavy (non-hydrogen) atoms. The summed E-state index contributed by atoms with van der Waals surface area (Å²) in [5, 5.41) is 9.12. The van der Waals surface area contributed by atoms with Crippen molar-refractivity contribution >= 4 is 33.7 Å². The van der Waals surface area contributed by atoms with Crippen molar-refractivity contribution in [3.8, 4) is 0 Å². The molecule has 0 fully saturated rings. The first-order valence-electron chi connectivity index (χ1n) is 6.19. The van der Waals surface area contributed by atoms with Gasteiger partial charge in [-0.1, -0.05) is 23.8 Å². The van der Waals surface area contributed by atoms with Gasteiger partial charge in [-0.05, 0) is 59.1 Å². The van der Waals surface area contributed by atoms with Gasteiger partial charge in [0, 0.05) is 15.1 Å². The zero-order valence-corrected chi connectivity index (χ0v) is 13.7. The molecule has 2 aromatic carbocycles. The highest BCUT2D eigenvalue weighted by Gasteiger charge is 2.09. The lowest BCUT2D eigenvalue weighted by Crippen LogP contribution is -1.97. The quantitative estimate of drug-likeness (QED) is 0.783. The average Bonchev–Trinajstić information content (AvgIpc) is 2.41. The van der Waals surface area contributed by atoms with Crippen LogP contribution < -0.4 is 0 Å². The summed E-state index contributed by atoms with van der Waals surface area (Å²) in [4.78, 5) is 12.1. The summed E-state index contributed by atoms with van der Waals surface area (Å²) in [5.41, 5.74) is 4.10. The predicted octanol–water partition coefficient (Wildman–Crippen LogP) is 5.06. The average molecular weight is 351 g/mol. The lowest BCUT2D eigenvalue weighted by molar-refractivity contribution is 0.0695. The molecule has 0 aliphatic rings. The van der Waals surface area contributed by atoms with Crippen molar-refractivity contribution in [3.63, 3.8) is 0 Å². The molecule has 0 aliphatic carbocycles. The maximum absolute atomic E-state index is 11.1. The lowest BCUT2D eigenvalue weighted by atomic mass is 10.1. The zero-order chi connectivity index (χ0) is 14.7. The Morgan fingerprint density at radius 1 is 1.20 bits per heavy atom. The van der Waals surface area contributed by atoms with Crippen LogP contribution in [0.2, 0.25) is 0 Å². The zero-order valence-electron chi connectivity index (χ0n) is 11.3. The summed E-state index contributed by atoms with van der Waals surface area (Å²) < 4.78 is 0.612. The van der Waals surface area contributed by atoms with Crippen LogP contribution in [0.4, 0.5) is 0 Å². The van der Waals surface area contributed by atoms with Crippen molar-refractivity contribution in [1.29, 1.82) is 0 Å². The fourth-order valence-electron chi connectivity index (χ4n) is 1.87. The van der Waals surface area contributed by atoms with Gasteiger partial charge in [-0.2, -0.15) is 0 Å². The summed E-state index contributed by atoms with van der Waals surface area (Å²) >= 11 is 4.91. The molecule has 0 aliphatic heterocycles. The first-order valence-corrected chi connectivity index (χ1v) is 7.97. The monoisotopic (exact) mass is 350 g/mol. The Kier molecular flexibility index (Phi) is 4.89. The third-order valence-electron chi connectivity index (χ3n) is 3.07. The van der Waals surface area contributed by atoms with E-state index >= 15 is 0 Å². The molecule has 0 saturated carbocycles. The maximum Gasteiger partial charge on any atom is 0.336 e. The van der Waals surface area contributed by atoms with Gasteiger partial charge in [0.05, 0.1) is 5.56 Å². The molecule has 104 valence electrons. The second kappa shape index (κ2) is 6.46. The summed E-state index contributed by atoms with van der Waals surface area (Å²) in [6.07, 6.45) is 0. The van der Waals surface area contributed by atoms with E-state index in [1.165, 1.54) is 16.7 Å². The van der Waals surface area contributed by atoms with Crippen LogP contribution in [0.3, 0.4) is 0 Å². The van der Waals surface area contributed by atoms with Gasteiger partial charge in [-0.15, -0.1) is 11.8 Å². The number of hydrogen-bond acceptors (Lipinski definition) is 2. The van der Waals surface area contributed by atoms with Crippen LogP contribution in [0.15, 0.2) is 45.8 Å². The number of hydrogen-bond donors (Lipinski definition) is 1. The Balaban J connectivity index is 2.17. The van der Waals surface area contributed by atoms with Gasteiger partial charge in [-0.3, -0.25) is 0 Å². The first kappa shape index (κ1) is 15.1. The van der Waals surface area contributed by atoms with Gasteiger partial charge in [-0.25, -0.2) is 4.79 Å². The number of carboxylic acids is 1. The van der Waals surface area contributed by atoms with E-state index in [1.807, 2.05) is 6.07 Å². The van der Waals surface area contributed by atoms with E-state index in [4.69, 9.17) is 5.11 Å². The van der Waals surface area contributed by atoms with Gasteiger partial charge >= 0.3 is 5.97 Å². The topological polar surface area (TPSA) is 37.3 Å². The molecular formula is C16H15BrO2S. The van der Waals surface area contributed by atoms with Crippen LogP contribution in [-0.2, 0) is 5.75 Å². The highest BCUT2D eigenvalue weighted by Crippen LogP contribution is 2.28. The number of aryl methyl sites for hydroxylation is 2. The largest absolute Gasteiger partial charge is 0.478 e. The molecule has 2 rings (SSSR count). The summed E-state index contributed by atoms with van der Waals surface area (Å²) in [6.45, 7) is 4.18. The molecule has 0 aromatic heterocycles. The number of carboxylic acid groups (broad SMARTS) is 1. The normalized spacial score (nSPS) is 10.6. The van der Waals surface area contributed by atoms with Crippen LogP contribution in [0.25, 0.3) is 0 Å². The Labute approximate surface area is 131 Å². The Bertz CT molecular complexity index is 653. The maximum atomic E-state index is 11.1. The van der Waals surface area contributed by atoms with E-state index in [0.29, 0.717) is 10.0 Å². The van der Waals surface area contributed by atoms with Gasteiger partial charge in [0.2, 0.25) is 0 Å². The first-order chi connectivity index (χ1) is 9.47. The van der Waals surface area contributed by atoms with Crippen LogP contribution in [0, 0.1) is 13.8 Å². The second-order valence-corrected chi connectivity index (χ2v) is 6.57. The minimum Gasteiger partial charge on any atom is -0.478 e. The molecule has 0 spiro atoms. The minimum atomic E-state index is -0.911. The fraction of sp³-hybridized carbons (Fsp3) is 0.188. The highest BCUT2D eigenvalue weighted by molar-refractivity contribution is 9.10. The van der Waals surface area contributed by atoms with Crippen LogP contribution in [-0.4, -0.2) is 11.1 Å². The number of rotatable bonds is 4. The molecule has 0 radical (unpaired) electrons. The summed E-state index contributed by atoms with van der Waals surface area (Å²) in [6, 6.07) is 11.8. The summed E-state index contributed by atoms with van der Waals surface area (Å²) in [5.74, 6) is -0.0696. The van der Waals surface area contributed by atoms with Crippen LogP contribution in [0.1, 0.15) is 27.0 Å². The molecule has 0 unspecified atom stereocenters. The van der Waals surface area contributed by atoms with E-state index < -0.39 is 5.97 Å². The van der Waals surface area contributed by atoms with E-state index in [-0.39, 0.29) is 0 Å². The molecule has 0 heterocycles. The van der Waals surface area contributed by atoms with Gasteiger partial charge in [0.1, 0.15) is 0 Å². The number of halogens is 1. The van der Waals surface area contributed by atoms with Crippen molar-refractivity contribution in [1.82, 2.24) is 0 Å². The SMILES string of the molecule is Cc1ccc(C)c(CSc2ccc(Br)c(C(=O)O)c2)c1. The third-order valence-corrected chi connectivity index (χ3v) is 4.80. The van der Waals surface area contributed by atoms with E-state index in [0.717, 1.165) is 10.6 Å². The van der Waals surface area contributed by atoms with Gasteiger partial charge in [0.25, 0.3) is 0 Å². The molecule has 4 heteroatoms. The van der Waals surface area contributed by atoms with Crippen molar-refractivity contribution in [2.75, 3.05) is 0 Å². The predicted molar refractivity (Wildman–Crippen MR) is 86.6 cm³/mol. The number of thioether (sulfide) groups is 1. The third kappa shape index (κ3) is 3.64. The van der Waals surface area contributed by atoms with Crippen LogP contribution in [0.5, 0.6) is 0 Å². The molecule has 0 saturated heterocycles. The molecule has 2 nitrogen and oxygen atoms in total. The van der Waals surface area contributed by atoms with Crippen molar-refractivity contribution in [3.05, 3.63) is 63.1 Å². The van der Waals surface area contributed by atoms with Crippen molar-refractivity contribution in [2.24, 2.45) is 0 Å². The standard InChI is InChI=1S/C16H15BrO2S/c1-10-3-4-11(2)12(7-10)9-20-13-5-6-15(17)14(8-13)16(18)19/h3-8H,9H2,1-2H3,(H,18,19). The highest BCUT2D eigenvalue weighted by atomic mass is 79.9. The molecule has 0 atom stereocenters. The van der Waals surface area contributed by atoms with Gasteiger partial charge < -0.3 is 5.11 Å². The van der Waals surface area contributed by atoms with E-state index in [1.54, 1.807) is 23.9 Å².